The highest BCUT2D eigenvalue weighted by atomic mass is 79.9. The van der Waals surface area contributed by atoms with Gasteiger partial charge in [-0.05, 0) is 45.3 Å². The van der Waals surface area contributed by atoms with Gasteiger partial charge in [-0.3, -0.25) is 0 Å². The van der Waals surface area contributed by atoms with Crippen LogP contribution in [0.15, 0.2) is 34.8 Å². The number of halogens is 5. The van der Waals surface area contributed by atoms with Gasteiger partial charge in [0, 0.05) is 11.1 Å². The summed E-state index contributed by atoms with van der Waals surface area (Å²) in [6, 6.07) is 7.81. The molecule has 2 aromatic rings. The van der Waals surface area contributed by atoms with Crippen molar-refractivity contribution in [3.05, 3.63) is 61.8 Å². The molecule has 0 spiro atoms. The Labute approximate surface area is 139 Å². The molecule has 0 heterocycles. The summed E-state index contributed by atoms with van der Waals surface area (Å²) in [5.74, 6) is 0.126. The minimum Gasteiger partial charge on any atom is -0.495 e. The number of benzene rings is 2. The summed E-state index contributed by atoms with van der Waals surface area (Å²) in [7, 11) is 1.51. The first-order valence-electron chi connectivity index (χ1n) is 5.56. The zero-order valence-electron chi connectivity index (χ0n) is 10.3. The van der Waals surface area contributed by atoms with Crippen LogP contribution in [0.2, 0.25) is 10.0 Å². The van der Waals surface area contributed by atoms with E-state index in [2.05, 4.69) is 15.9 Å². The van der Waals surface area contributed by atoms with Crippen LogP contribution < -0.4 is 4.74 Å². The zero-order valence-corrected chi connectivity index (χ0v) is 14.1. The third-order valence-corrected chi connectivity index (χ3v) is 4.50. The molecule has 0 saturated heterocycles. The molecule has 0 aliphatic heterocycles. The maximum atomic E-state index is 13.3. The Morgan fingerprint density at radius 3 is 2.45 bits per heavy atom. The zero-order chi connectivity index (χ0) is 14.9. The van der Waals surface area contributed by atoms with E-state index in [9.17, 15) is 4.39 Å². The lowest BCUT2D eigenvalue weighted by atomic mass is 10.0. The summed E-state index contributed by atoms with van der Waals surface area (Å²) in [6.07, 6.45) is 0. The summed E-state index contributed by atoms with van der Waals surface area (Å²) >= 11 is 21.8. The van der Waals surface area contributed by atoms with Gasteiger partial charge in [0.1, 0.15) is 11.6 Å². The summed E-state index contributed by atoms with van der Waals surface area (Å²) in [4.78, 5) is 0. The van der Waals surface area contributed by atoms with Crippen molar-refractivity contribution in [1.29, 1.82) is 0 Å². The average molecular weight is 398 g/mol. The van der Waals surface area contributed by atoms with E-state index >= 15 is 0 Å². The minimum atomic E-state index is -0.539. The molecule has 0 N–H and O–H groups in total. The molecular weight excluding hydrogens is 389 g/mol. The van der Waals surface area contributed by atoms with Crippen LogP contribution in [-0.2, 0) is 0 Å². The van der Waals surface area contributed by atoms with E-state index in [0.717, 1.165) is 0 Å². The first-order valence-corrected chi connectivity index (χ1v) is 7.54. The fraction of sp³-hybridized carbons (Fsp3) is 0.143. The molecule has 20 heavy (non-hydrogen) atoms. The molecule has 1 unspecified atom stereocenters. The van der Waals surface area contributed by atoms with Crippen molar-refractivity contribution in [2.24, 2.45) is 0 Å². The molecule has 2 aromatic carbocycles. The smallest absolute Gasteiger partial charge is 0.138 e. The number of rotatable bonds is 3. The standard InChI is InChI=1S/C14H9BrCl3FO/c1-20-13-6-10(16)8(5-11(13)17)14(18)7-2-3-12(19)9(15)4-7/h2-6,14H,1H3. The lowest BCUT2D eigenvalue weighted by molar-refractivity contribution is 0.415. The van der Waals surface area contributed by atoms with E-state index in [-0.39, 0.29) is 5.82 Å². The Morgan fingerprint density at radius 1 is 1.15 bits per heavy atom. The van der Waals surface area contributed by atoms with Crippen LogP contribution >= 0.6 is 50.7 Å². The van der Waals surface area contributed by atoms with Crippen molar-refractivity contribution in [1.82, 2.24) is 0 Å². The fourth-order valence-corrected chi connectivity index (χ4v) is 3.02. The maximum Gasteiger partial charge on any atom is 0.138 e. The average Bonchev–Trinajstić information content (AvgIpc) is 2.43. The van der Waals surface area contributed by atoms with Crippen molar-refractivity contribution in [3.63, 3.8) is 0 Å². The van der Waals surface area contributed by atoms with Gasteiger partial charge in [0.25, 0.3) is 0 Å². The second-order valence-corrected chi connectivity index (χ2v) is 6.15. The molecule has 6 heteroatoms. The highest BCUT2D eigenvalue weighted by Crippen LogP contribution is 2.39. The number of hydrogen-bond acceptors (Lipinski definition) is 1. The molecule has 0 amide bonds. The summed E-state index contributed by atoms with van der Waals surface area (Å²) in [5, 5.41) is 0.313. The maximum absolute atomic E-state index is 13.3. The molecule has 1 nitrogen and oxygen atoms in total. The van der Waals surface area contributed by atoms with Gasteiger partial charge in [0.05, 0.1) is 22.0 Å². The van der Waals surface area contributed by atoms with Crippen molar-refractivity contribution < 1.29 is 9.13 Å². The van der Waals surface area contributed by atoms with Gasteiger partial charge in [0.15, 0.2) is 0 Å². The van der Waals surface area contributed by atoms with E-state index in [4.69, 9.17) is 39.5 Å². The van der Waals surface area contributed by atoms with Crippen LogP contribution in [0.1, 0.15) is 16.5 Å². The quantitative estimate of drug-likeness (QED) is 0.557. The van der Waals surface area contributed by atoms with Crippen LogP contribution in [0.25, 0.3) is 0 Å². The minimum absolute atomic E-state index is 0.344. The molecule has 0 radical (unpaired) electrons. The van der Waals surface area contributed by atoms with Gasteiger partial charge in [-0.15, -0.1) is 11.6 Å². The van der Waals surface area contributed by atoms with Gasteiger partial charge in [-0.25, -0.2) is 4.39 Å². The topological polar surface area (TPSA) is 9.23 Å². The Bertz CT molecular complexity index is 649. The van der Waals surface area contributed by atoms with E-state index in [1.165, 1.54) is 13.2 Å². The normalized spacial score (nSPS) is 12.3. The Kier molecular flexibility index (Phi) is 5.19. The molecule has 0 saturated carbocycles. The molecular formula is C14H9BrCl3FO. The predicted molar refractivity (Wildman–Crippen MR) is 84.8 cm³/mol. The first kappa shape index (κ1) is 15.9. The summed E-state index contributed by atoms with van der Waals surface area (Å²) in [5.41, 5.74) is 1.35. The summed E-state index contributed by atoms with van der Waals surface area (Å²) < 4.78 is 18.7. The highest BCUT2D eigenvalue weighted by Gasteiger charge is 2.18. The van der Waals surface area contributed by atoms with E-state index < -0.39 is 5.38 Å². The largest absolute Gasteiger partial charge is 0.495 e. The fourth-order valence-electron chi connectivity index (χ4n) is 1.74. The van der Waals surface area contributed by atoms with E-state index in [1.54, 1.807) is 24.3 Å². The third-order valence-electron chi connectivity index (χ3n) is 2.78. The third kappa shape index (κ3) is 3.22. The predicted octanol–water partition coefficient (Wildman–Crippen LogP) is 6.23. The van der Waals surface area contributed by atoms with Gasteiger partial charge in [-0.1, -0.05) is 29.3 Å². The molecule has 0 aliphatic carbocycles. The van der Waals surface area contributed by atoms with Gasteiger partial charge < -0.3 is 4.74 Å². The first-order chi connectivity index (χ1) is 9.43. The van der Waals surface area contributed by atoms with Crippen LogP contribution in [0.3, 0.4) is 0 Å². The number of alkyl halides is 1. The van der Waals surface area contributed by atoms with Crippen molar-refractivity contribution in [2.75, 3.05) is 7.11 Å². The summed E-state index contributed by atoms with van der Waals surface area (Å²) in [6.45, 7) is 0. The SMILES string of the molecule is COc1cc(Cl)c(C(Cl)c2ccc(F)c(Br)c2)cc1Cl. The Hall–Kier alpha value is -0.480. The molecule has 0 aromatic heterocycles. The molecule has 106 valence electrons. The highest BCUT2D eigenvalue weighted by molar-refractivity contribution is 9.10. The Morgan fingerprint density at radius 2 is 1.85 bits per heavy atom. The van der Waals surface area contributed by atoms with Gasteiger partial charge in [-0.2, -0.15) is 0 Å². The molecule has 0 fully saturated rings. The van der Waals surface area contributed by atoms with Crippen LogP contribution in [0.5, 0.6) is 5.75 Å². The van der Waals surface area contributed by atoms with E-state index in [1.807, 2.05) is 0 Å². The van der Waals surface area contributed by atoms with Crippen molar-refractivity contribution in [2.45, 2.75) is 5.38 Å². The van der Waals surface area contributed by atoms with Crippen LogP contribution in [-0.4, -0.2) is 7.11 Å². The molecule has 0 bridgehead atoms. The molecule has 2 rings (SSSR count). The molecule has 0 aliphatic rings. The lowest BCUT2D eigenvalue weighted by Crippen LogP contribution is -1.97. The number of ether oxygens (including phenoxy) is 1. The van der Waals surface area contributed by atoms with Crippen LogP contribution in [0.4, 0.5) is 4.39 Å². The number of hydrogen-bond donors (Lipinski definition) is 0. The van der Waals surface area contributed by atoms with Crippen molar-refractivity contribution >= 4 is 50.7 Å². The molecule has 1 atom stereocenters. The monoisotopic (exact) mass is 396 g/mol. The Balaban J connectivity index is 2.45. The number of methoxy groups -OCH3 is 1. The van der Waals surface area contributed by atoms with Crippen molar-refractivity contribution in [3.8, 4) is 5.75 Å². The van der Waals surface area contributed by atoms with Gasteiger partial charge in [0.2, 0.25) is 0 Å². The second-order valence-electron chi connectivity index (χ2n) is 4.04. The van der Waals surface area contributed by atoms with E-state index in [0.29, 0.717) is 31.4 Å². The van der Waals surface area contributed by atoms with Crippen LogP contribution in [0, 0.1) is 5.82 Å². The van der Waals surface area contributed by atoms with Gasteiger partial charge >= 0.3 is 0 Å². The second kappa shape index (κ2) is 6.52. The lowest BCUT2D eigenvalue weighted by Gasteiger charge is -2.15.